The van der Waals surface area contributed by atoms with Gasteiger partial charge in [0.25, 0.3) is 0 Å². The van der Waals surface area contributed by atoms with Crippen molar-refractivity contribution in [2.45, 2.75) is 31.1 Å². The van der Waals surface area contributed by atoms with Crippen LogP contribution in [0.15, 0.2) is 42.7 Å². The average molecular weight is 353 g/mol. The maximum Gasteiger partial charge on any atom is 0.230 e. The van der Waals surface area contributed by atoms with E-state index in [-0.39, 0.29) is 18.2 Å². The molecule has 0 saturated carbocycles. The number of likely N-dealkylation sites (tertiary alicyclic amines) is 1. The molecule has 4 rings (SSSR count). The van der Waals surface area contributed by atoms with E-state index < -0.39 is 11.7 Å². The average Bonchev–Trinajstić information content (AvgIpc) is 2.68. The number of fused-ring (bicyclic) bond motifs is 1. The SMILES string of the molecule is O=C1CC(C(=O)N2CCC(c3ccncc3)CC2)c2cc(F)ccc2N1. The molecule has 3 heterocycles. The Morgan fingerprint density at radius 3 is 2.62 bits per heavy atom. The van der Waals surface area contributed by atoms with Gasteiger partial charge in [0.05, 0.1) is 5.92 Å². The number of hydrogen-bond donors (Lipinski definition) is 1. The van der Waals surface area contributed by atoms with Crippen molar-refractivity contribution in [3.8, 4) is 0 Å². The molecule has 134 valence electrons. The zero-order valence-electron chi connectivity index (χ0n) is 14.3. The van der Waals surface area contributed by atoms with Crippen molar-refractivity contribution in [3.05, 3.63) is 59.7 Å². The molecule has 6 heteroatoms. The number of aromatic nitrogens is 1. The number of nitrogens with zero attached hydrogens (tertiary/aromatic N) is 2. The maximum absolute atomic E-state index is 13.7. The van der Waals surface area contributed by atoms with Gasteiger partial charge in [0.2, 0.25) is 11.8 Å². The smallest absolute Gasteiger partial charge is 0.230 e. The number of hydrogen-bond acceptors (Lipinski definition) is 3. The highest BCUT2D eigenvalue weighted by Crippen LogP contribution is 2.36. The van der Waals surface area contributed by atoms with Crippen LogP contribution in [0.2, 0.25) is 0 Å². The second-order valence-electron chi connectivity index (χ2n) is 6.92. The lowest BCUT2D eigenvalue weighted by atomic mass is 9.86. The number of halogens is 1. The fraction of sp³-hybridized carbons (Fsp3) is 0.350. The summed E-state index contributed by atoms with van der Waals surface area (Å²) >= 11 is 0. The molecule has 2 aromatic rings. The first-order valence-corrected chi connectivity index (χ1v) is 8.90. The summed E-state index contributed by atoms with van der Waals surface area (Å²) < 4.78 is 13.7. The van der Waals surface area contributed by atoms with Gasteiger partial charge in [-0.3, -0.25) is 14.6 Å². The molecule has 1 saturated heterocycles. The van der Waals surface area contributed by atoms with Crippen molar-refractivity contribution in [2.24, 2.45) is 0 Å². The van der Waals surface area contributed by atoms with Crippen LogP contribution in [0, 0.1) is 5.82 Å². The van der Waals surface area contributed by atoms with Crippen molar-refractivity contribution in [2.75, 3.05) is 18.4 Å². The molecule has 1 aromatic heterocycles. The molecule has 26 heavy (non-hydrogen) atoms. The van der Waals surface area contributed by atoms with Crippen molar-refractivity contribution in [1.29, 1.82) is 0 Å². The second-order valence-corrected chi connectivity index (χ2v) is 6.92. The fourth-order valence-corrected chi connectivity index (χ4v) is 3.94. The van der Waals surface area contributed by atoms with Gasteiger partial charge in [-0.25, -0.2) is 4.39 Å². The molecule has 1 aromatic carbocycles. The molecule has 0 radical (unpaired) electrons. The number of amides is 2. The third-order valence-corrected chi connectivity index (χ3v) is 5.33. The highest BCUT2D eigenvalue weighted by molar-refractivity contribution is 6.01. The minimum atomic E-state index is -0.605. The van der Waals surface area contributed by atoms with Gasteiger partial charge in [0, 0.05) is 37.6 Å². The van der Waals surface area contributed by atoms with E-state index in [1.807, 2.05) is 17.0 Å². The lowest BCUT2D eigenvalue weighted by molar-refractivity contribution is -0.135. The van der Waals surface area contributed by atoms with Gasteiger partial charge in [0.1, 0.15) is 5.82 Å². The van der Waals surface area contributed by atoms with Gasteiger partial charge in [0.15, 0.2) is 0 Å². The first-order valence-electron chi connectivity index (χ1n) is 8.90. The summed E-state index contributed by atoms with van der Waals surface area (Å²) in [6, 6.07) is 8.23. The fourth-order valence-electron chi connectivity index (χ4n) is 3.94. The van der Waals surface area contributed by atoms with Crippen molar-refractivity contribution in [3.63, 3.8) is 0 Å². The number of rotatable bonds is 2. The van der Waals surface area contributed by atoms with Gasteiger partial charge in [-0.05, 0) is 60.2 Å². The number of anilines is 1. The van der Waals surface area contributed by atoms with Crippen molar-refractivity contribution >= 4 is 17.5 Å². The topological polar surface area (TPSA) is 62.3 Å². The Hall–Kier alpha value is -2.76. The normalized spacial score (nSPS) is 20.4. The first kappa shape index (κ1) is 16.7. The lowest BCUT2D eigenvalue weighted by Gasteiger charge is -2.35. The maximum atomic E-state index is 13.7. The van der Waals surface area contributed by atoms with Gasteiger partial charge in [-0.15, -0.1) is 0 Å². The van der Waals surface area contributed by atoms with E-state index in [1.165, 1.54) is 23.8 Å². The summed E-state index contributed by atoms with van der Waals surface area (Å²) in [5.41, 5.74) is 2.36. The van der Waals surface area contributed by atoms with Crippen LogP contribution in [-0.4, -0.2) is 34.8 Å². The van der Waals surface area contributed by atoms with E-state index in [0.29, 0.717) is 30.3 Å². The second kappa shape index (κ2) is 6.86. The molecule has 5 nitrogen and oxygen atoms in total. The number of pyridine rings is 1. The largest absolute Gasteiger partial charge is 0.342 e. The zero-order valence-corrected chi connectivity index (χ0v) is 14.3. The molecule has 1 atom stereocenters. The molecular formula is C20H20FN3O2. The molecule has 0 spiro atoms. The quantitative estimate of drug-likeness (QED) is 0.903. The standard InChI is InChI=1S/C20H20FN3O2/c21-15-1-2-18-16(11-15)17(12-19(25)23-18)20(26)24-9-5-14(6-10-24)13-3-7-22-8-4-13/h1-4,7-8,11,14,17H,5-6,9-10,12H2,(H,23,25). The first-order chi connectivity index (χ1) is 12.6. The summed E-state index contributed by atoms with van der Waals surface area (Å²) in [7, 11) is 0. The molecule has 2 aliphatic rings. The van der Waals surface area contributed by atoms with Crippen molar-refractivity contribution in [1.82, 2.24) is 9.88 Å². The third kappa shape index (κ3) is 3.19. The van der Waals surface area contributed by atoms with Crippen LogP contribution in [0.25, 0.3) is 0 Å². The van der Waals surface area contributed by atoms with Crippen LogP contribution in [-0.2, 0) is 9.59 Å². The van der Waals surface area contributed by atoms with E-state index in [9.17, 15) is 14.0 Å². The van der Waals surface area contributed by atoms with E-state index >= 15 is 0 Å². The van der Waals surface area contributed by atoms with Crippen LogP contribution < -0.4 is 5.32 Å². The molecular weight excluding hydrogens is 333 g/mol. The van der Waals surface area contributed by atoms with Crippen LogP contribution in [0.5, 0.6) is 0 Å². The minimum Gasteiger partial charge on any atom is -0.342 e. The summed E-state index contributed by atoms with van der Waals surface area (Å²) in [6.45, 7) is 1.29. The van der Waals surface area contributed by atoms with Gasteiger partial charge >= 0.3 is 0 Å². The van der Waals surface area contributed by atoms with E-state index in [4.69, 9.17) is 0 Å². The number of piperidine rings is 1. The van der Waals surface area contributed by atoms with Crippen molar-refractivity contribution < 1.29 is 14.0 Å². The predicted molar refractivity (Wildman–Crippen MR) is 95.2 cm³/mol. The highest BCUT2D eigenvalue weighted by Gasteiger charge is 2.35. The molecule has 2 aliphatic heterocycles. The zero-order chi connectivity index (χ0) is 18.1. The van der Waals surface area contributed by atoms with Crippen LogP contribution in [0.4, 0.5) is 10.1 Å². The summed E-state index contributed by atoms with van der Waals surface area (Å²) in [4.78, 5) is 30.9. The number of carbonyl (C=O) groups excluding carboxylic acids is 2. The number of benzene rings is 1. The molecule has 0 aliphatic carbocycles. The van der Waals surface area contributed by atoms with Crippen LogP contribution in [0.3, 0.4) is 0 Å². The Balaban J connectivity index is 1.49. The number of nitrogens with one attached hydrogen (secondary N) is 1. The molecule has 0 bridgehead atoms. The lowest BCUT2D eigenvalue weighted by Crippen LogP contribution is -2.42. The molecule has 1 fully saturated rings. The number of carbonyl (C=O) groups is 2. The van der Waals surface area contributed by atoms with Gasteiger partial charge < -0.3 is 10.2 Å². The van der Waals surface area contributed by atoms with Crippen LogP contribution in [0.1, 0.15) is 42.2 Å². The Morgan fingerprint density at radius 2 is 1.88 bits per heavy atom. The Kier molecular flexibility index (Phi) is 4.41. The summed E-state index contributed by atoms with van der Waals surface area (Å²) in [5.74, 6) is -0.864. The Bertz CT molecular complexity index is 832. The summed E-state index contributed by atoms with van der Waals surface area (Å²) in [5, 5.41) is 2.72. The Morgan fingerprint density at radius 1 is 1.15 bits per heavy atom. The van der Waals surface area contributed by atoms with Gasteiger partial charge in [-0.2, -0.15) is 0 Å². The highest BCUT2D eigenvalue weighted by atomic mass is 19.1. The molecule has 2 amide bonds. The van der Waals surface area contributed by atoms with E-state index in [1.54, 1.807) is 12.4 Å². The van der Waals surface area contributed by atoms with E-state index in [0.717, 1.165) is 12.8 Å². The third-order valence-electron chi connectivity index (χ3n) is 5.33. The van der Waals surface area contributed by atoms with Gasteiger partial charge in [-0.1, -0.05) is 0 Å². The van der Waals surface area contributed by atoms with E-state index in [2.05, 4.69) is 10.3 Å². The summed E-state index contributed by atoms with van der Waals surface area (Å²) in [6.07, 6.45) is 5.41. The Labute approximate surface area is 151 Å². The molecule has 1 N–H and O–H groups in total. The minimum absolute atomic E-state index is 0.0690. The molecule has 1 unspecified atom stereocenters. The monoisotopic (exact) mass is 353 g/mol. The predicted octanol–water partition coefficient (Wildman–Crippen LogP) is 3.05. The van der Waals surface area contributed by atoms with Crippen LogP contribution >= 0.6 is 0 Å².